The maximum absolute atomic E-state index is 12.7. The van der Waals surface area contributed by atoms with Crippen LogP contribution in [0.1, 0.15) is 41.4 Å². The Hall–Kier alpha value is -3.46. The van der Waals surface area contributed by atoms with Crippen molar-refractivity contribution < 1.29 is 19.2 Å². The smallest absolute Gasteiger partial charge is 0.256 e. The van der Waals surface area contributed by atoms with E-state index in [0.29, 0.717) is 29.9 Å². The highest BCUT2D eigenvalue weighted by Crippen LogP contribution is 2.27. The van der Waals surface area contributed by atoms with Crippen molar-refractivity contribution >= 4 is 11.7 Å². The summed E-state index contributed by atoms with van der Waals surface area (Å²) < 4.78 is 11.3. The molecular weight excluding hydrogens is 410 g/mol. The lowest BCUT2D eigenvalue weighted by Gasteiger charge is -2.15. The summed E-state index contributed by atoms with van der Waals surface area (Å²) in [4.78, 5) is 23.3. The third kappa shape index (κ3) is 5.61. The van der Waals surface area contributed by atoms with Gasteiger partial charge in [0.05, 0.1) is 5.56 Å². The molecule has 0 aliphatic heterocycles. The van der Waals surface area contributed by atoms with Crippen LogP contribution in [0.2, 0.25) is 0 Å². The molecule has 170 valence electrons. The summed E-state index contributed by atoms with van der Waals surface area (Å²) in [5, 5.41) is 16.1. The first-order valence-corrected chi connectivity index (χ1v) is 10.5. The summed E-state index contributed by atoms with van der Waals surface area (Å²) in [5.74, 6) is 1.41. The van der Waals surface area contributed by atoms with Gasteiger partial charge in [-0.2, -0.15) is 0 Å². The number of nitrogens with zero attached hydrogens (tertiary/aromatic N) is 4. The number of nitrogens with one attached hydrogen (secondary N) is 1. The fourth-order valence-electron chi connectivity index (χ4n) is 3.17. The second-order valence-corrected chi connectivity index (χ2v) is 7.75. The molecular formula is C23H29N5O4. The maximum atomic E-state index is 12.7. The minimum Gasteiger partial charge on any atom is -0.472 e. The van der Waals surface area contributed by atoms with Crippen LogP contribution in [0.4, 0.5) is 5.82 Å². The summed E-state index contributed by atoms with van der Waals surface area (Å²) in [5.41, 5.74) is 2.55. The van der Waals surface area contributed by atoms with Gasteiger partial charge in [0.15, 0.2) is 0 Å². The quantitative estimate of drug-likeness (QED) is 0.496. The van der Waals surface area contributed by atoms with Gasteiger partial charge in [-0.05, 0) is 51.0 Å². The van der Waals surface area contributed by atoms with E-state index in [1.54, 1.807) is 24.5 Å². The predicted octanol–water partition coefficient (Wildman–Crippen LogP) is 2.98. The zero-order chi connectivity index (χ0) is 23.1. The lowest BCUT2D eigenvalue weighted by Crippen LogP contribution is -2.33. The standard InChI is InChI=1S/C23H29N5O4/c1-15(7-6-12-29)26-22(30)18-8-5-11-24-23(18)31-14-19-16(2)32-27-21(19)17-9-10-20(25-13-17)28(3)4/h5,8-11,13,15,29H,6-7,12,14H2,1-4H3,(H,26,30). The Kier molecular flexibility index (Phi) is 7.77. The average Bonchev–Trinajstić information content (AvgIpc) is 3.16. The third-order valence-corrected chi connectivity index (χ3v) is 5.01. The number of ether oxygens (including phenoxy) is 1. The first-order valence-electron chi connectivity index (χ1n) is 10.5. The Labute approximate surface area is 187 Å². The van der Waals surface area contributed by atoms with Gasteiger partial charge in [0.2, 0.25) is 5.88 Å². The molecule has 9 nitrogen and oxygen atoms in total. The van der Waals surface area contributed by atoms with E-state index in [9.17, 15) is 4.79 Å². The minimum atomic E-state index is -0.274. The topological polar surface area (TPSA) is 114 Å². The number of aryl methyl sites for hydroxylation is 1. The third-order valence-electron chi connectivity index (χ3n) is 5.01. The van der Waals surface area contributed by atoms with Crippen molar-refractivity contribution in [1.82, 2.24) is 20.4 Å². The number of aliphatic hydroxyl groups is 1. The van der Waals surface area contributed by atoms with E-state index in [1.165, 1.54) is 0 Å². The van der Waals surface area contributed by atoms with Crippen molar-refractivity contribution in [1.29, 1.82) is 0 Å². The van der Waals surface area contributed by atoms with Crippen molar-refractivity contribution in [2.45, 2.75) is 39.3 Å². The molecule has 9 heteroatoms. The zero-order valence-corrected chi connectivity index (χ0v) is 18.8. The molecule has 0 bridgehead atoms. The van der Waals surface area contributed by atoms with Gasteiger partial charge < -0.3 is 24.6 Å². The van der Waals surface area contributed by atoms with E-state index in [0.717, 1.165) is 16.9 Å². The van der Waals surface area contributed by atoms with Crippen LogP contribution < -0.4 is 15.0 Å². The molecule has 0 radical (unpaired) electrons. The first kappa shape index (κ1) is 23.2. The summed E-state index contributed by atoms with van der Waals surface area (Å²) in [6, 6.07) is 7.11. The van der Waals surface area contributed by atoms with Crippen molar-refractivity contribution in [3.05, 3.63) is 53.5 Å². The van der Waals surface area contributed by atoms with Crippen LogP contribution in [0.25, 0.3) is 11.3 Å². The monoisotopic (exact) mass is 439 g/mol. The maximum Gasteiger partial charge on any atom is 0.256 e. The van der Waals surface area contributed by atoms with E-state index in [1.807, 2.05) is 45.0 Å². The molecule has 3 aromatic rings. The van der Waals surface area contributed by atoms with Gasteiger partial charge in [0.25, 0.3) is 5.91 Å². The molecule has 0 saturated heterocycles. The average molecular weight is 440 g/mol. The van der Waals surface area contributed by atoms with Crippen LogP contribution in [0.5, 0.6) is 5.88 Å². The van der Waals surface area contributed by atoms with Gasteiger partial charge >= 0.3 is 0 Å². The molecule has 0 aliphatic carbocycles. The lowest BCUT2D eigenvalue weighted by molar-refractivity contribution is 0.0931. The number of carbonyl (C=O) groups is 1. The molecule has 1 atom stereocenters. The number of amides is 1. The summed E-state index contributed by atoms with van der Waals surface area (Å²) >= 11 is 0. The Bertz CT molecular complexity index is 1030. The molecule has 3 rings (SSSR count). The fourth-order valence-corrected chi connectivity index (χ4v) is 3.17. The van der Waals surface area contributed by atoms with Gasteiger partial charge in [-0.25, -0.2) is 9.97 Å². The molecule has 0 aliphatic rings. The number of hydrogen-bond donors (Lipinski definition) is 2. The van der Waals surface area contributed by atoms with Crippen molar-refractivity contribution in [3.63, 3.8) is 0 Å². The van der Waals surface area contributed by atoms with Crippen molar-refractivity contribution in [2.75, 3.05) is 25.6 Å². The number of carbonyl (C=O) groups excluding carboxylic acids is 1. The van der Waals surface area contributed by atoms with Crippen LogP contribution in [-0.4, -0.2) is 52.9 Å². The Morgan fingerprint density at radius 3 is 2.78 bits per heavy atom. The molecule has 3 aromatic heterocycles. The second-order valence-electron chi connectivity index (χ2n) is 7.75. The van der Waals surface area contributed by atoms with E-state index in [2.05, 4.69) is 20.4 Å². The van der Waals surface area contributed by atoms with Crippen LogP contribution in [0.3, 0.4) is 0 Å². The molecule has 2 N–H and O–H groups in total. The molecule has 3 heterocycles. The van der Waals surface area contributed by atoms with Crippen LogP contribution in [0, 0.1) is 6.92 Å². The zero-order valence-electron chi connectivity index (χ0n) is 18.8. The number of hydrogen-bond acceptors (Lipinski definition) is 8. The molecule has 32 heavy (non-hydrogen) atoms. The number of pyridine rings is 2. The first-order chi connectivity index (χ1) is 15.4. The molecule has 0 aromatic carbocycles. The highest BCUT2D eigenvalue weighted by molar-refractivity contribution is 5.96. The van der Waals surface area contributed by atoms with Crippen LogP contribution >= 0.6 is 0 Å². The minimum absolute atomic E-state index is 0.0766. The van der Waals surface area contributed by atoms with Crippen molar-refractivity contribution in [3.8, 4) is 17.1 Å². The molecule has 0 saturated carbocycles. The number of anilines is 1. The Balaban J connectivity index is 1.75. The number of aromatic nitrogens is 3. The van der Waals surface area contributed by atoms with Gasteiger partial charge in [0, 0.05) is 44.7 Å². The summed E-state index contributed by atoms with van der Waals surface area (Å²) in [6.07, 6.45) is 4.62. The molecule has 0 spiro atoms. The molecule has 0 fully saturated rings. The van der Waals surface area contributed by atoms with Crippen LogP contribution in [-0.2, 0) is 6.61 Å². The highest BCUT2D eigenvalue weighted by atomic mass is 16.5. The van der Waals surface area contributed by atoms with E-state index in [-0.39, 0.29) is 31.0 Å². The van der Waals surface area contributed by atoms with Gasteiger partial charge in [-0.1, -0.05) is 5.16 Å². The van der Waals surface area contributed by atoms with Crippen molar-refractivity contribution in [2.24, 2.45) is 0 Å². The molecule has 1 unspecified atom stereocenters. The normalized spacial score (nSPS) is 11.8. The Morgan fingerprint density at radius 1 is 1.28 bits per heavy atom. The van der Waals surface area contributed by atoms with Gasteiger partial charge in [0.1, 0.15) is 29.4 Å². The Morgan fingerprint density at radius 2 is 2.09 bits per heavy atom. The highest BCUT2D eigenvalue weighted by Gasteiger charge is 2.19. The number of rotatable bonds is 10. The predicted molar refractivity (Wildman–Crippen MR) is 121 cm³/mol. The molecule has 1 amide bonds. The van der Waals surface area contributed by atoms with E-state index in [4.69, 9.17) is 14.4 Å². The SMILES string of the molecule is Cc1onc(-c2ccc(N(C)C)nc2)c1COc1ncccc1C(=O)NC(C)CCCO. The second kappa shape index (κ2) is 10.7. The largest absolute Gasteiger partial charge is 0.472 e. The fraction of sp³-hybridized carbons (Fsp3) is 0.391. The number of aliphatic hydroxyl groups excluding tert-OH is 1. The summed E-state index contributed by atoms with van der Waals surface area (Å²) in [6.45, 7) is 3.94. The van der Waals surface area contributed by atoms with E-state index >= 15 is 0 Å². The van der Waals surface area contributed by atoms with Crippen LogP contribution in [0.15, 0.2) is 41.2 Å². The van der Waals surface area contributed by atoms with Gasteiger partial charge in [-0.15, -0.1) is 0 Å². The van der Waals surface area contributed by atoms with Gasteiger partial charge in [-0.3, -0.25) is 4.79 Å². The summed E-state index contributed by atoms with van der Waals surface area (Å²) in [7, 11) is 3.85. The van der Waals surface area contributed by atoms with E-state index < -0.39 is 0 Å². The lowest BCUT2D eigenvalue weighted by atomic mass is 10.1.